The molecule has 2 heterocycles. The van der Waals surface area contributed by atoms with Gasteiger partial charge in [-0.2, -0.15) is 0 Å². The molecule has 5 rings (SSSR count). The van der Waals surface area contributed by atoms with E-state index < -0.39 is 0 Å². The normalized spacial score (nSPS) is 23.1. The summed E-state index contributed by atoms with van der Waals surface area (Å²) in [4.78, 5) is 15.4. The first-order valence-corrected chi connectivity index (χ1v) is 12.6. The smallest absolute Gasteiger partial charge is 0.242 e. The average molecular weight is 488 g/mol. The number of fused-ring (bicyclic) bond motifs is 1. The molecule has 2 saturated heterocycles. The van der Waals surface area contributed by atoms with Crippen molar-refractivity contribution in [3.05, 3.63) is 89.5 Å². The maximum Gasteiger partial charge on any atom is 0.242 e. The minimum Gasteiger partial charge on any atom is -0.508 e. The minimum absolute atomic E-state index is 0.0691. The monoisotopic (exact) mass is 487 g/mol. The van der Waals surface area contributed by atoms with Crippen molar-refractivity contribution >= 4 is 5.91 Å². The Morgan fingerprint density at radius 3 is 2.39 bits per heavy atom. The Kier molecular flexibility index (Phi) is 7.11. The standard InChI is InChI=1S/C29H33N3O4/c1-3-16-32-28(25-26(30-31-27(25)29(32)34)21-12-8-9-13-22(21)33)20-14-15-23(24(17-20)35-4-2)36-18-19-10-6-5-7-11-19/h5-15,17,25-28,30-31,33H,3-4,16,18H2,1-2H3. The first kappa shape index (κ1) is 24.2. The highest BCUT2D eigenvalue weighted by Gasteiger charge is 2.55. The summed E-state index contributed by atoms with van der Waals surface area (Å²) < 4.78 is 12.1. The molecule has 36 heavy (non-hydrogen) atoms. The zero-order valence-electron chi connectivity index (χ0n) is 20.7. The molecule has 2 aliphatic heterocycles. The molecule has 7 nitrogen and oxygen atoms in total. The molecule has 2 fully saturated rings. The lowest BCUT2D eigenvalue weighted by Crippen LogP contribution is -2.41. The van der Waals surface area contributed by atoms with Gasteiger partial charge in [0.2, 0.25) is 5.91 Å². The molecule has 0 bridgehead atoms. The average Bonchev–Trinajstić information content (AvgIpc) is 3.44. The van der Waals surface area contributed by atoms with Crippen LogP contribution in [-0.2, 0) is 11.4 Å². The van der Waals surface area contributed by atoms with E-state index in [2.05, 4.69) is 17.8 Å². The Hall–Kier alpha value is -3.55. The topological polar surface area (TPSA) is 83.1 Å². The molecule has 3 aromatic rings. The predicted octanol–water partition coefficient (Wildman–Crippen LogP) is 4.50. The second-order valence-electron chi connectivity index (χ2n) is 9.27. The summed E-state index contributed by atoms with van der Waals surface area (Å²) in [5.41, 5.74) is 9.35. The van der Waals surface area contributed by atoms with Gasteiger partial charge in [0.05, 0.1) is 18.7 Å². The van der Waals surface area contributed by atoms with Crippen molar-refractivity contribution in [2.75, 3.05) is 13.2 Å². The molecule has 1 amide bonds. The third kappa shape index (κ3) is 4.52. The van der Waals surface area contributed by atoms with Crippen LogP contribution in [0.3, 0.4) is 0 Å². The number of nitrogens with zero attached hydrogens (tertiary/aromatic N) is 1. The molecular weight excluding hydrogens is 454 g/mol. The molecule has 188 valence electrons. The number of amides is 1. The number of hydrazine groups is 1. The number of aromatic hydroxyl groups is 1. The van der Waals surface area contributed by atoms with Crippen LogP contribution in [-0.4, -0.2) is 35.1 Å². The van der Waals surface area contributed by atoms with Crippen LogP contribution in [0, 0.1) is 5.92 Å². The lowest BCUT2D eigenvalue weighted by atomic mass is 9.83. The van der Waals surface area contributed by atoms with Gasteiger partial charge < -0.3 is 19.5 Å². The molecular formula is C29H33N3O4. The van der Waals surface area contributed by atoms with Crippen molar-refractivity contribution in [3.63, 3.8) is 0 Å². The molecule has 0 aliphatic carbocycles. The van der Waals surface area contributed by atoms with Crippen molar-refractivity contribution in [2.24, 2.45) is 5.92 Å². The quantitative estimate of drug-likeness (QED) is 0.412. The number of hydrogen-bond donors (Lipinski definition) is 3. The van der Waals surface area contributed by atoms with Crippen LogP contribution in [0.25, 0.3) is 0 Å². The number of likely N-dealkylation sites (tertiary alicyclic amines) is 1. The molecule has 0 aromatic heterocycles. The summed E-state index contributed by atoms with van der Waals surface area (Å²) in [5, 5.41) is 10.6. The number of carbonyl (C=O) groups is 1. The Bertz CT molecular complexity index is 1200. The van der Waals surface area contributed by atoms with E-state index in [1.54, 1.807) is 6.07 Å². The van der Waals surface area contributed by atoms with Crippen molar-refractivity contribution in [3.8, 4) is 17.2 Å². The number of phenolic OH excluding ortho intramolecular Hbond substituents is 1. The zero-order chi connectivity index (χ0) is 25.1. The summed E-state index contributed by atoms with van der Waals surface area (Å²) in [5.74, 6) is 1.52. The molecule has 0 spiro atoms. The van der Waals surface area contributed by atoms with Crippen molar-refractivity contribution in [1.29, 1.82) is 0 Å². The predicted molar refractivity (Wildman–Crippen MR) is 138 cm³/mol. The third-order valence-electron chi connectivity index (χ3n) is 7.00. The molecule has 2 aliphatic rings. The van der Waals surface area contributed by atoms with Gasteiger partial charge >= 0.3 is 0 Å². The van der Waals surface area contributed by atoms with E-state index in [0.717, 1.165) is 23.1 Å². The minimum atomic E-state index is -0.379. The Morgan fingerprint density at radius 1 is 0.889 bits per heavy atom. The number of phenols is 1. The lowest BCUT2D eigenvalue weighted by Gasteiger charge is -2.31. The van der Waals surface area contributed by atoms with E-state index in [-0.39, 0.29) is 35.7 Å². The highest BCUT2D eigenvalue weighted by Crippen LogP contribution is 2.49. The van der Waals surface area contributed by atoms with Crippen LogP contribution in [0.15, 0.2) is 72.8 Å². The molecule has 3 N–H and O–H groups in total. The van der Waals surface area contributed by atoms with E-state index in [9.17, 15) is 9.90 Å². The van der Waals surface area contributed by atoms with E-state index in [1.165, 1.54) is 0 Å². The second kappa shape index (κ2) is 10.6. The van der Waals surface area contributed by atoms with Gasteiger partial charge in [-0.05, 0) is 42.7 Å². The first-order valence-electron chi connectivity index (χ1n) is 12.6. The maximum atomic E-state index is 13.5. The van der Waals surface area contributed by atoms with Gasteiger partial charge in [0.1, 0.15) is 18.4 Å². The number of ether oxygens (including phenoxy) is 2. The summed E-state index contributed by atoms with van der Waals surface area (Å²) in [7, 11) is 0. The number of benzene rings is 3. The van der Waals surface area contributed by atoms with Crippen LogP contribution in [0.2, 0.25) is 0 Å². The zero-order valence-corrected chi connectivity index (χ0v) is 20.7. The third-order valence-corrected chi connectivity index (χ3v) is 7.00. The second-order valence-corrected chi connectivity index (χ2v) is 9.27. The Balaban J connectivity index is 1.50. The first-order chi connectivity index (χ1) is 17.6. The van der Waals surface area contributed by atoms with E-state index >= 15 is 0 Å². The molecule has 7 heteroatoms. The summed E-state index contributed by atoms with van der Waals surface area (Å²) >= 11 is 0. The number of rotatable bonds is 9. The summed E-state index contributed by atoms with van der Waals surface area (Å²) in [6, 6.07) is 22.5. The van der Waals surface area contributed by atoms with Crippen LogP contribution < -0.4 is 20.3 Å². The maximum absolute atomic E-state index is 13.5. The molecule has 4 unspecified atom stereocenters. The SMILES string of the molecule is CCCN1C(=O)C2NNC(c3ccccc3O)C2C1c1ccc(OCc2ccccc2)c(OCC)c1. The fourth-order valence-corrected chi connectivity index (χ4v) is 5.44. The fourth-order valence-electron chi connectivity index (χ4n) is 5.44. The number of carbonyl (C=O) groups excluding carboxylic acids is 1. The van der Waals surface area contributed by atoms with Crippen LogP contribution in [0.4, 0.5) is 0 Å². The fraction of sp³-hybridized carbons (Fsp3) is 0.345. The van der Waals surface area contributed by atoms with E-state index in [4.69, 9.17) is 9.47 Å². The lowest BCUT2D eigenvalue weighted by molar-refractivity contribution is -0.130. The highest BCUT2D eigenvalue weighted by atomic mass is 16.5. The Morgan fingerprint density at radius 2 is 1.64 bits per heavy atom. The van der Waals surface area contributed by atoms with Crippen LogP contribution in [0.5, 0.6) is 17.2 Å². The van der Waals surface area contributed by atoms with Crippen LogP contribution in [0.1, 0.15) is 49.0 Å². The van der Waals surface area contributed by atoms with Gasteiger partial charge in [-0.3, -0.25) is 4.79 Å². The van der Waals surface area contributed by atoms with E-state index in [1.807, 2.05) is 78.6 Å². The Labute approximate surface area is 212 Å². The van der Waals surface area contributed by atoms with Crippen molar-refractivity contribution < 1.29 is 19.4 Å². The van der Waals surface area contributed by atoms with Gasteiger partial charge in [0.25, 0.3) is 0 Å². The molecule has 0 radical (unpaired) electrons. The summed E-state index contributed by atoms with van der Waals surface area (Å²) in [6.45, 7) is 5.63. The van der Waals surface area contributed by atoms with E-state index in [0.29, 0.717) is 31.3 Å². The number of hydrogen-bond acceptors (Lipinski definition) is 6. The van der Waals surface area contributed by atoms with Gasteiger partial charge in [-0.25, -0.2) is 10.9 Å². The molecule has 3 aromatic carbocycles. The molecule has 0 saturated carbocycles. The molecule has 4 atom stereocenters. The largest absolute Gasteiger partial charge is 0.508 e. The van der Waals surface area contributed by atoms with Gasteiger partial charge in [-0.15, -0.1) is 0 Å². The number of nitrogens with one attached hydrogen (secondary N) is 2. The highest BCUT2D eigenvalue weighted by molar-refractivity contribution is 5.86. The van der Waals surface area contributed by atoms with Crippen LogP contribution >= 0.6 is 0 Å². The van der Waals surface area contributed by atoms with Crippen molar-refractivity contribution in [1.82, 2.24) is 15.8 Å². The summed E-state index contributed by atoms with van der Waals surface area (Å²) in [6.07, 6.45) is 0.854. The van der Waals surface area contributed by atoms with Crippen molar-refractivity contribution in [2.45, 2.75) is 45.0 Å². The van der Waals surface area contributed by atoms with Gasteiger partial charge in [0, 0.05) is 18.0 Å². The number of para-hydroxylation sites is 1. The van der Waals surface area contributed by atoms with Gasteiger partial charge in [0.15, 0.2) is 11.5 Å². The van der Waals surface area contributed by atoms with Gasteiger partial charge in [-0.1, -0.05) is 61.5 Å².